The number of rotatable bonds is 7. The van der Waals surface area contributed by atoms with E-state index >= 15 is 0 Å². The van der Waals surface area contributed by atoms with Crippen LogP contribution in [0.3, 0.4) is 0 Å². The smallest absolute Gasteiger partial charge is 0.226 e. The summed E-state index contributed by atoms with van der Waals surface area (Å²) >= 11 is 0. The van der Waals surface area contributed by atoms with E-state index in [9.17, 15) is 9.59 Å². The summed E-state index contributed by atoms with van der Waals surface area (Å²) in [6.45, 7) is 1.35. The first-order chi connectivity index (χ1) is 14.1. The summed E-state index contributed by atoms with van der Waals surface area (Å²) in [6.07, 6.45) is 7.20. The van der Waals surface area contributed by atoms with Crippen LogP contribution in [0.1, 0.15) is 41.4 Å². The predicted octanol–water partition coefficient (Wildman–Crippen LogP) is 1.76. The van der Waals surface area contributed by atoms with Gasteiger partial charge < -0.3 is 19.5 Å². The van der Waals surface area contributed by atoms with Gasteiger partial charge in [-0.05, 0) is 36.0 Å². The molecule has 2 heterocycles. The van der Waals surface area contributed by atoms with Gasteiger partial charge in [-0.2, -0.15) is 0 Å². The lowest BCUT2D eigenvalue weighted by Gasteiger charge is -2.27. The molecule has 2 aliphatic rings. The van der Waals surface area contributed by atoms with E-state index in [0.717, 1.165) is 24.2 Å². The number of carbonyl (C=O) groups excluding carboxylic acids is 2. The van der Waals surface area contributed by atoms with Crippen molar-refractivity contribution in [3.63, 3.8) is 0 Å². The number of likely N-dealkylation sites (tertiary alicyclic amines) is 1. The van der Waals surface area contributed by atoms with Crippen molar-refractivity contribution >= 4 is 11.8 Å². The van der Waals surface area contributed by atoms with Gasteiger partial charge in [-0.25, -0.2) is 4.98 Å². The minimum atomic E-state index is -0.463. The lowest BCUT2D eigenvalue weighted by atomic mass is 9.98. The molecule has 1 N–H and O–H groups in total. The largest absolute Gasteiger partial charge is 0.383 e. The fourth-order valence-electron chi connectivity index (χ4n) is 4.52. The van der Waals surface area contributed by atoms with Crippen LogP contribution in [0.25, 0.3) is 0 Å². The molecule has 1 fully saturated rings. The molecule has 2 amide bonds. The maximum absolute atomic E-state index is 13.1. The highest BCUT2D eigenvalue weighted by atomic mass is 16.5. The van der Waals surface area contributed by atoms with Gasteiger partial charge in [0.15, 0.2) is 0 Å². The molecule has 29 heavy (non-hydrogen) atoms. The van der Waals surface area contributed by atoms with Crippen molar-refractivity contribution in [2.24, 2.45) is 13.0 Å². The summed E-state index contributed by atoms with van der Waals surface area (Å²) in [5.41, 5.74) is 3.92. The zero-order chi connectivity index (χ0) is 20.4. The highest BCUT2D eigenvalue weighted by Gasteiger charge is 2.46. The van der Waals surface area contributed by atoms with Crippen molar-refractivity contribution in [2.45, 2.75) is 38.3 Å². The zero-order valence-corrected chi connectivity index (χ0v) is 17.1. The fraction of sp³-hybridized carbons (Fsp3) is 0.500. The molecule has 0 spiro atoms. The van der Waals surface area contributed by atoms with Gasteiger partial charge in [-0.15, -0.1) is 0 Å². The van der Waals surface area contributed by atoms with Crippen LogP contribution in [0.5, 0.6) is 0 Å². The van der Waals surface area contributed by atoms with Gasteiger partial charge in [0.1, 0.15) is 11.9 Å². The number of aromatic nitrogens is 2. The van der Waals surface area contributed by atoms with Crippen LogP contribution < -0.4 is 5.32 Å². The molecule has 1 aliphatic heterocycles. The molecule has 2 atom stereocenters. The van der Waals surface area contributed by atoms with Crippen molar-refractivity contribution in [2.75, 3.05) is 20.3 Å². The number of imidazole rings is 1. The molecule has 0 unspecified atom stereocenters. The Morgan fingerprint density at radius 2 is 2.14 bits per heavy atom. The predicted molar refractivity (Wildman–Crippen MR) is 108 cm³/mol. The average Bonchev–Trinajstić information content (AvgIpc) is 3.42. The molecule has 2 aromatic rings. The van der Waals surface area contributed by atoms with Gasteiger partial charge in [0.05, 0.1) is 12.5 Å². The molecule has 1 aromatic heterocycles. The van der Waals surface area contributed by atoms with Crippen LogP contribution in [-0.4, -0.2) is 46.5 Å². The van der Waals surface area contributed by atoms with Crippen LogP contribution in [0.2, 0.25) is 0 Å². The molecule has 1 aliphatic carbocycles. The van der Waals surface area contributed by atoms with Crippen molar-refractivity contribution in [3.05, 3.63) is 53.1 Å². The van der Waals surface area contributed by atoms with E-state index in [2.05, 4.69) is 28.5 Å². The Morgan fingerprint density at radius 3 is 2.90 bits per heavy atom. The second-order valence-electron chi connectivity index (χ2n) is 7.91. The van der Waals surface area contributed by atoms with Crippen molar-refractivity contribution in [3.8, 4) is 0 Å². The Kier molecular flexibility index (Phi) is 5.67. The number of aryl methyl sites for hydroxylation is 3. The number of carbonyl (C=O) groups is 2. The first-order valence-corrected chi connectivity index (χ1v) is 10.2. The van der Waals surface area contributed by atoms with E-state index in [4.69, 9.17) is 4.74 Å². The van der Waals surface area contributed by atoms with Crippen LogP contribution >= 0.6 is 0 Å². The molecule has 7 heteroatoms. The number of fused-ring (bicyclic) bond motifs is 1. The van der Waals surface area contributed by atoms with Gasteiger partial charge in [0, 0.05) is 46.1 Å². The van der Waals surface area contributed by atoms with E-state index in [-0.39, 0.29) is 24.3 Å². The number of hydrogen-bond donors (Lipinski definition) is 1. The zero-order valence-electron chi connectivity index (χ0n) is 17.1. The minimum Gasteiger partial charge on any atom is -0.383 e. The van der Waals surface area contributed by atoms with Gasteiger partial charge in [0.2, 0.25) is 11.8 Å². The third-order valence-corrected chi connectivity index (χ3v) is 6.06. The Bertz CT molecular complexity index is 907. The number of amides is 2. The summed E-state index contributed by atoms with van der Waals surface area (Å²) in [5, 5.41) is 3.05. The summed E-state index contributed by atoms with van der Waals surface area (Å²) in [7, 11) is 3.50. The lowest BCUT2D eigenvalue weighted by molar-refractivity contribution is -0.129. The third-order valence-electron chi connectivity index (χ3n) is 6.06. The molecule has 154 valence electrons. The van der Waals surface area contributed by atoms with Crippen LogP contribution in [0, 0.1) is 5.92 Å². The number of hydrogen-bond acceptors (Lipinski definition) is 4. The first-order valence-electron chi connectivity index (χ1n) is 10.2. The van der Waals surface area contributed by atoms with E-state index < -0.39 is 5.92 Å². The summed E-state index contributed by atoms with van der Waals surface area (Å²) in [5.74, 6) is 0.124. The molecular weight excluding hydrogens is 368 g/mol. The van der Waals surface area contributed by atoms with Crippen LogP contribution in [0.4, 0.5) is 0 Å². The SMILES string of the molecule is COCCN1C(=O)C[C@H](C(=O)NCc2ccc3c(c2)CCC3)[C@H]1c1nccn1C. The summed E-state index contributed by atoms with van der Waals surface area (Å²) < 4.78 is 7.04. The fourth-order valence-corrected chi connectivity index (χ4v) is 4.52. The molecule has 7 nitrogen and oxygen atoms in total. The number of nitrogens with one attached hydrogen (secondary N) is 1. The quantitative estimate of drug-likeness (QED) is 0.774. The van der Waals surface area contributed by atoms with Crippen molar-refractivity contribution in [1.82, 2.24) is 19.8 Å². The molecule has 1 aromatic carbocycles. The highest BCUT2D eigenvalue weighted by Crippen LogP contribution is 2.37. The van der Waals surface area contributed by atoms with Crippen molar-refractivity contribution in [1.29, 1.82) is 0 Å². The number of nitrogens with zero attached hydrogens (tertiary/aromatic N) is 3. The Balaban J connectivity index is 1.49. The van der Waals surface area contributed by atoms with E-state index in [1.54, 1.807) is 18.2 Å². The van der Waals surface area contributed by atoms with Crippen LogP contribution in [-0.2, 0) is 40.8 Å². The maximum atomic E-state index is 13.1. The van der Waals surface area contributed by atoms with E-state index in [1.165, 1.54) is 17.5 Å². The molecule has 0 bridgehead atoms. The number of ether oxygens (including phenoxy) is 1. The number of methoxy groups -OCH3 is 1. The number of benzene rings is 1. The van der Waals surface area contributed by atoms with Gasteiger partial charge in [0.25, 0.3) is 0 Å². The first kappa shape index (κ1) is 19.6. The molecule has 1 saturated heterocycles. The lowest BCUT2D eigenvalue weighted by Crippen LogP contribution is -2.37. The maximum Gasteiger partial charge on any atom is 0.226 e. The second kappa shape index (κ2) is 8.37. The topological polar surface area (TPSA) is 76.5 Å². The van der Waals surface area contributed by atoms with Gasteiger partial charge >= 0.3 is 0 Å². The minimum absolute atomic E-state index is 0.0345. The Labute approximate surface area is 171 Å². The van der Waals surface area contributed by atoms with E-state index in [0.29, 0.717) is 19.7 Å². The Morgan fingerprint density at radius 1 is 1.31 bits per heavy atom. The highest BCUT2D eigenvalue weighted by molar-refractivity contribution is 5.90. The molecule has 0 radical (unpaired) electrons. The molecule has 4 rings (SSSR count). The standard InChI is InChI=1S/C22H28N4O3/c1-25-9-8-23-21(25)20-18(13-19(27)26(20)10-11-29-2)22(28)24-14-15-6-7-16-4-3-5-17(16)12-15/h6-9,12,18,20H,3-5,10-11,13-14H2,1-2H3,(H,24,28)/t18-,20-/m0/s1. The average molecular weight is 396 g/mol. The normalized spacial score (nSPS) is 20.9. The van der Waals surface area contributed by atoms with Crippen molar-refractivity contribution < 1.29 is 14.3 Å². The Hall–Kier alpha value is -2.67. The second-order valence-corrected chi connectivity index (χ2v) is 7.91. The van der Waals surface area contributed by atoms with Crippen LogP contribution in [0.15, 0.2) is 30.6 Å². The monoisotopic (exact) mass is 396 g/mol. The van der Waals surface area contributed by atoms with E-state index in [1.807, 2.05) is 17.8 Å². The molecular formula is C22H28N4O3. The third kappa shape index (κ3) is 3.92. The summed E-state index contributed by atoms with van der Waals surface area (Å²) in [6, 6.07) is 6.08. The van der Waals surface area contributed by atoms with Gasteiger partial charge in [-0.1, -0.05) is 18.2 Å². The molecule has 0 saturated carbocycles. The summed E-state index contributed by atoms with van der Waals surface area (Å²) in [4.78, 5) is 31.9. The van der Waals surface area contributed by atoms with Gasteiger partial charge in [-0.3, -0.25) is 9.59 Å².